The molecule has 3 aromatic rings. The van der Waals surface area contributed by atoms with Gasteiger partial charge < -0.3 is 4.74 Å². The van der Waals surface area contributed by atoms with E-state index in [9.17, 15) is 30.7 Å². The van der Waals surface area contributed by atoms with Crippen LogP contribution in [0.1, 0.15) is 68.9 Å². The van der Waals surface area contributed by atoms with Crippen molar-refractivity contribution in [1.29, 1.82) is 0 Å². The molecule has 0 aliphatic heterocycles. The quantitative estimate of drug-likeness (QED) is 0.211. The highest BCUT2D eigenvalue weighted by Crippen LogP contribution is 2.40. The SMILES string of the molecule is CCCCC1CCC(c2ccc(-c3ccc(C(F)(F)Oc4cc(F)c(F)c(F)c4)c(F)c3F)cc2)CC1. The number of ether oxygens (including phenoxy) is 1. The highest BCUT2D eigenvalue weighted by atomic mass is 19.3. The van der Waals surface area contributed by atoms with Gasteiger partial charge in [-0.1, -0.05) is 56.5 Å². The van der Waals surface area contributed by atoms with Crippen LogP contribution in [0.5, 0.6) is 5.75 Å². The highest BCUT2D eigenvalue weighted by molar-refractivity contribution is 5.65. The van der Waals surface area contributed by atoms with Gasteiger partial charge in [0.25, 0.3) is 0 Å². The van der Waals surface area contributed by atoms with Gasteiger partial charge in [0.05, 0.1) is 0 Å². The number of rotatable bonds is 8. The summed E-state index contributed by atoms with van der Waals surface area (Å²) in [4.78, 5) is 0. The fourth-order valence-electron chi connectivity index (χ4n) is 5.00. The van der Waals surface area contributed by atoms with Crippen molar-refractivity contribution >= 4 is 0 Å². The summed E-state index contributed by atoms with van der Waals surface area (Å²) < 4.78 is 103. The van der Waals surface area contributed by atoms with Crippen molar-refractivity contribution in [3.63, 3.8) is 0 Å². The van der Waals surface area contributed by atoms with E-state index in [4.69, 9.17) is 0 Å². The standard InChI is InChI=1S/C29H27F7O/c1-2-3-4-17-5-7-18(8-6-17)19-9-11-20(12-10-19)22-13-14-23(27(33)26(22)32)29(35,36)37-21-15-24(30)28(34)25(31)16-21/h9-18H,2-8H2,1H3. The molecule has 1 saturated carbocycles. The molecule has 3 aromatic carbocycles. The third-order valence-corrected chi connectivity index (χ3v) is 7.11. The first-order valence-electron chi connectivity index (χ1n) is 12.4. The molecule has 8 heteroatoms. The number of benzene rings is 3. The van der Waals surface area contributed by atoms with E-state index in [1.54, 1.807) is 12.1 Å². The van der Waals surface area contributed by atoms with E-state index >= 15 is 0 Å². The van der Waals surface area contributed by atoms with Crippen molar-refractivity contribution in [2.24, 2.45) is 5.92 Å². The monoisotopic (exact) mass is 524 g/mol. The van der Waals surface area contributed by atoms with Gasteiger partial charge >= 0.3 is 6.11 Å². The van der Waals surface area contributed by atoms with Gasteiger partial charge in [-0.3, -0.25) is 0 Å². The summed E-state index contributed by atoms with van der Waals surface area (Å²) in [6.45, 7) is 2.19. The molecule has 0 saturated heterocycles. The zero-order valence-electron chi connectivity index (χ0n) is 20.3. The molecule has 0 aromatic heterocycles. The zero-order chi connectivity index (χ0) is 26.7. The highest BCUT2D eigenvalue weighted by Gasteiger charge is 2.40. The summed E-state index contributed by atoms with van der Waals surface area (Å²) in [5.74, 6) is -8.70. The average molecular weight is 525 g/mol. The third-order valence-electron chi connectivity index (χ3n) is 7.11. The number of alkyl halides is 2. The molecule has 0 N–H and O–H groups in total. The maximum Gasteiger partial charge on any atom is 0.429 e. The van der Waals surface area contributed by atoms with E-state index in [1.165, 1.54) is 32.1 Å². The van der Waals surface area contributed by atoms with Crippen LogP contribution < -0.4 is 4.74 Å². The van der Waals surface area contributed by atoms with Gasteiger partial charge in [0.1, 0.15) is 11.3 Å². The van der Waals surface area contributed by atoms with E-state index in [0.717, 1.165) is 30.4 Å². The van der Waals surface area contributed by atoms with Crippen LogP contribution in [-0.2, 0) is 6.11 Å². The predicted molar refractivity (Wildman–Crippen MR) is 127 cm³/mol. The summed E-state index contributed by atoms with van der Waals surface area (Å²) in [5.41, 5.74) is -0.259. The second-order valence-corrected chi connectivity index (χ2v) is 9.59. The molecule has 0 bridgehead atoms. The zero-order valence-corrected chi connectivity index (χ0v) is 20.3. The van der Waals surface area contributed by atoms with Crippen LogP contribution in [0.4, 0.5) is 30.7 Å². The molecule has 0 spiro atoms. The van der Waals surface area contributed by atoms with Gasteiger partial charge in [-0.2, -0.15) is 8.78 Å². The first kappa shape index (κ1) is 27.0. The van der Waals surface area contributed by atoms with Crippen LogP contribution in [0.3, 0.4) is 0 Å². The lowest BCUT2D eigenvalue weighted by Crippen LogP contribution is -2.24. The maximum atomic E-state index is 14.9. The van der Waals surface area contributed by atoms with Gasteiger partial charge in [-0.25, -0.2) is 22.0 Å². The van der Waals surface area contributed by atoms with Gasteiger partial charge in [0.2, 0.25) is 0 Å². The van der Waals surface area contributed by atoms with Crippen molar-refractivity contribution in [3.05, 3.63) is 88.7 Å². The van der Waals surface area contributed by atoms with Crippen LogP contribution in [0.15, 0.2) is 48.5 Å². The largest absolute Gasteiger partial charge is 0.429 e. The Hall–Kier alpha value is -3.03. The molecule has 1 fully saturated rings. The van der Waals surface area contributed by atoms with Crippen LogP contribution in [0.2, 0.25) is 0 Å². The average Bonchev–Trinajstić information content (AvgIpc) is 2.87. The summed E-state index contributed by atoms with van der Waals surface area (Å²) in [6.07, 6.45) is 3.68. The minimum Gasteiger partial charge on any atom is -0.429 e. The molecule has 0 atom stereocenters. The molecule has 4 rings (SSSR count). The van der Waals surface area contributed by atoms with Crippen LogP contribution in [-0.4, -0.2) is 0 Å². The van der Waals surface area contributed by atoms with E-state index in [1.807, 2.05) is 12.1 Å². The minimum atomic E-state index is -4.49. The van der Waals surface area contributed by atoms with E-state index in [2.05, 4.69) is 11.7 Å². The molecule has 198 valence electrons. The number of hydrogen-bond donors (Lipinski definition) is 0. The molecule has 0 unspecified atom stereocenters. The Morgan fingerprint density at radius 3 is 2.00 bits per heavy atom. The Balaban J connectivity index is 1.50. The second kappa shape index (κ2) is 11.2. The molecule has 0 heterocycles. The summed E-state index contributed by atoms with van der Waals surface area (Å²) in [7, 11) is 0. The molecule has 0 amide bonds. The van der Waals surface area contributed by atoms with Gasteiger partial charge in [-0.05, 0) is 54.7 Å². The number of halogens is 7. The Morgan fingerprint density at radius 2 is 1.41 bits per heavy atom. The van der Waals surface area contributed by atoms with E-state index in [0.29, 0.717) is 17.5 Å². The molecule has 1 aliphatic carbocycles. The van der Waals surface area contributed by atoms with Gasteiger partial charge in [0.15, 0.2) is 29.1 Å². The van der Waals surface area contributed by atoms with Crippen molar-refractivity contribution < 1.29 is 35.5 Å². The molecule has 1 nitrogen and oxygen atoms in total. The Labute approximate surface area is 211 Å². The lowest BCUT2D eigenvalue weighted by atomic mass is 9.77. The van der Waals surface area contributed by atoms with Crippen molar-refractivity contribution in [2.75, 3.05) is 0 Å². The first-order chi connectivity index (χ1) is 17.6. The van der Waals surface area contributed by atoms with Gasteiger partial charge in [0, 0.05) is 17.7 Å². The fourth-order valence-corrected chi connectivity index (χ4v) is 5.00. The lowest BCUT2D eigenvalue weighted by Gasteiger charge is -2.29. The van der Waals surface area contributed by atoms with Crippen LogP contribution >= 0.6 is 0 Å². The molecule has 37 heavy (non-hydrogen) atoms. The topological polar surface area (TPSA) is 9.23 Å². The Kier molecular flexibility index (Phi) is 8.14. The molecule has 0 radical (unpaired) electrons. The number of hydrogen-bond acceptors (Lipinski definition) is 1. The molecular weight excluding hydrogens is 497 g/mol. The summed E-state index contributed by atoms with van der Waals surface area (Å²) >= 11 is 0. The normalized spacial score (nSPS) is 18.2. The predicted octanol–water partition coefficient (Wildman–Crippen LogP) is 9.64. The number of unbranched alkanes of at least 4 members (excludes halogenated alkanes) is 1. The lowest BCUT2D eigenvalue weighted by molar-refractivity contribution is -0.187. The molecule has 1 aliphatic rings. The molecular formula is C29H27F7O. The fraction of sp³-hybridized carbons (Fsp3) is 0.379. The third kappa shape index (κ3) is 5.94. The minimum absolute atomic E-state index is 0.189. The van der Waals surface area contributed by atoms with E-state index in [-0.39, 0.29) is 17.7 Å². The first-order valence-corrected chi connectivity index (χ1v) is 12.4. The second-order valence-electron chi connectivity index (χ2n) is 9.59. The summed E-state index contributed by atoms with van der Waals surface area (Å²) in [6, 6.07) is 8.99. The Bertz CT molecular complexity index is 1210. The van der Waals surface area contributed by atoms with Crippen LogP contribution in [0, 0.1) is 35.0 Å². The smallest absolute Gasteiger partial charge is 0.429 e. The summed E-state index contributed by atoms with van der Waals surface area (Å²) in [5, 5.41) is 0. The van der Waals surface area contributed by atoms with Gasteiger partial charge in [-0.15, -0.1) is 0 Å². The van der Waals surface area contributed by atoms with Crippen molar-refractivity contribution in [1.82, 2.24) is 0 Å². The Morgan fingerprint density at radius 1 is 0.784 bits per heavy atom. The van der Waals surface area contributed by atoms with Crippen LogP contribution in [0.25, 0.3) is 11.1 Å². The maximum absolute atomic E-state index is 14.9. The van der Waals surface area contributed by atoms with E-state index < -0.39 is 46.5 Å². The van der Waals surface area contributed by atoms with Crippen molar-refractivity contribution in [2.45, 2.75) is 63.9 Å². The van der Waals surface area contributed by atoms with Crippen molar-refractivity contribution in [3.8, 4) is 16.9 Å².